The van der Waals surface area contributed by atoms with Crippen LogP contribution in [0.4, 0.5) is 0 Å². The van der Waals surface area contributed by atoms with Crippen molar-refractivity contribution in [3.8, 4) is 0 Å². The van der Waals surface area contributed by atoms with Crippen molar-refractivity contribution in [2.24, 2.45) is 5.84 Å². The van der Waals surface area contributed by atoms with Crippen LogP contribution in [0.5, 0.6) is 0 Å². The average molecular weight is 239 g/mol. The van der Waals surface area contributed by atoms with E-state index in [0.717, 1.165) is 12.3 Å². The number of nitrogens with one attached hydrogen (secondary N) is 1. The van der Waals surface area contributed by atoms with E-state index in [-0.39, 0.29) is 5.76 Å². The number of nitrogens with two attached hydrogens (primary N) is 1. The molecule has 0 aliphatic rings. The summed E-state index contributed by atoms with van der Waals surface area (Å²) >= 11 is 0. The van der Waals surface area contributed by atoms with E-state index in [2.05, 4.69) is 11.8 Å². The number of hydrazine groups is 1. The fourth-order valence-electron chi connectivity index (χ4n) is 1.63. The van der Waals surface area contributed by atoms with Crippen LogP contribution in [-0.4, -0.2) is 24.4 Å². The SMILES string of the molecule is CCCCCN(C)Cc1ccc(C(=O)NN)o1. The monoisotopic (exact) mass is 239 g/mol. The normalized spacial score (nSPS) is 10.8. The predicted octanol–water partition coefficient (Wildman–Crippen LogP) is 1.51. The summed E-state index contributed by atoms with van der Waals surface area (Å²) in [4.78, 5) is 13.4. The van der Waals surface area contributed by atoms with Crippen molar-refractivity contribution >= 4 is 5.91 Å². The lowest BCUT2D eigenvalue weighted by Crippen LogP contribution is -2.29. The van der Waals surface area contributed by atoms with Gasteiger partial charge in [-0.2, -0.15) is 0 Å². The lowest BCUT2D eigenvalue weighted by molar-refractivity contribution is 0.0922. The number of carbonyl (C=O) groups is 1. The molecule has 1 heterocycles. The minimum absolute atomic E-state index is 0.254. The van der Waals surface area contributed by atoms with Crippen molar-refractivity contribution in [2.75, 3.05) is 13.6 Å². The third-order valence-electron chi connectivity index (χ3n) is 2.59. The molecule has 1 aromatic rings. The number of hydrogen-bond acceptors (Lipinski definition) is 4. The minimum Gasteiger partial charge on any atom is -0.455 e. The number of hydrogen-bond donors (Lipinski definition) is 2. The van der Waals surface area contributed by atoms with Crippen molar-refractivity contribution in [3.63, 3.8) is 0 Å². The van der Waals surface area contributed by atoms with E-state index >= 15 is 0 Å². The molecule has 0 unspecified atom stereocenters. The van der Waals surface area contributed by atoms with Crippen LogP contribution in [0.15, 0.2) is 16.5 Å². The molecule has 0 aliphatic heterocycles. The van der Waals surface area contributed by atoms with Crippen molar-refractivity contribution in [1.29, 1.82) is 0 Å². The maximum Gasteiger partial charge on any atom is 0.300 e. The third-order valence-corrected chi connectivity index (χ3v) is 2.59. The Morgan fingerprint density at radius 1 is 1.47 bits per heavy atom. The van der Waals surface area contributed by atoms with E-state index in [1.165, 1.54) is 19.3 Å². The largest absolute Gasteiger partial charge is 0.455 e. The first-order valence-electron chi connectivity index (χ1n) is 5.95. The first kappa shape index (κ1) is 13.7. The van der Waals surface area contributed by atoms with Gasteiger partial charge in [0.15, 0.2) is 5.76 Å². The molecular formula is C12H21N3O2. The number of nitrogens with zero attached hydrogens (tertiary/aromatic N) is 1. The van der Waals surface area contributed by atoms with Gasteiger partial charge in [-0.05, 0) is 32.1 Å². The van der Waals surface area contributed by atoms with Crippen LogP contribution >= 0.6 is 0 Å². The number of unbranched alkanes of at least 4 members (excludes halogenated alkanes) is 2. The molecule has 0 spiro atoms. The summed E-state index contributed by atoms with van der Waals surface area (Å²) < 4.78 is 5.38. The summed E-state index contributed by atoms with van der Waals surface area (Å²) in [5.41, 5.74) is 2.04. The highest BCUT2D eigenvalue weighted by atomic mass is 16.4. The van der Waals surface area contributed by atoms with Crippen LogP contribution in [0.2, 0.25) is 0 Å². The summed E-state index contributed by atoms with van der Waals surface area (Å²) in [5, 5.41) is 0. The molecule has 5 heteroatoms. The Labute approximate surface area is 102 Å². The smallest absolute Gasteiger partial charge is 0.300 e. The van der Waals surface area contributed by atoms with Crippen LogP contribution in [0.25, 0.3) is 0 Å². The zero-order valence-corrected chi connectivity index (χ0v) is 10.5. The predicted molar refractivity (Wildman–Crippen MR) is 66.2 cm³/mol. The summed E-state index contributed by atoms with van der Waals surface area (Å²) in [5.74, 6) is 5.66. The number of nitrogen functional groups attached to an aromatic ring is 1. The van der Waals surface area contributed by atoms with Crippen LogP contribution in [-0.2, 0) is 6.54 Å². The standard InChI is InChI=1S/C12H21N3O2/c1-3-4-5-8-15(2)9-10-6-7-11(17-10)12(16)14-13/h6-7H,3-5,8-9,13H2,1-2H3,(H,14,16). The molecule has 0 aromatic carbocycles. The van der Waals surface area contributed by atoms with Gasteiger partial charge in [-0.25, -0.2) is 5.84 Å². The molecule has 0 saturated heterocycles. The molecule has 0 saturated carbocycles. The Hall–Kier alpha value is -1.33. The van der Waals surface area contributed by atoms with Crippen LogP contribution < -0.4 is 11.3 Å². The molecular weight excluding hydrogens is 218 g/mol. The topological polar surface area (TPSA) is 71.5 Å². The first-order chi connectivity index (χ1) is 8.17. The molecule has 17 heavy (non-hydrogen) atoms. The van der Waals surface area contributed by atoms with Gasteiger partial charge in [-0.1, -0.05) is 19.8 Å². The number of rotatable bonds is 7. The van der Waals surface area contributed by atoms with Gasteiger partial charge >= 0.3 is 5.91 Å². The lowest BCUT2D eigenvalue weighted by atomic mass is 10.2. The molecule has 5 nitrogen and oxygen atoms in total. The zero-order chi connectivity index (χ0) is 12.7. The second-order valence-corrected chi connectivity index (χ2v) is 4.18. The minimum atomic E-state index is -0.398. The Kier molecular flexibility index (Phi) is 5.72. The van der Waals surface area contributed by atoms with E-state index in [1.54, 1.807) is 12.1 Å². The maximum absolute atomic E-state index is 11.2. The van der Waals surface area contributed by atoms with Crippen molar-refractivity contribution in [2.45, 2.75) is 32.7 Å². The van der Waals surface area contributed by atoms with Crippen molar-refractivity contribution in [3.05, 3.63) is 23.7 Å². The highest BCUT2D eigenvalue weighted by Gasteiger charge is 2.10. The van der Waals surface area contributed by atoms with Gasteiger partial charge in [0.25, 0.3) is 0 Å². The number of amides is 1. The van der Waals surface area contributed by atoms with Gasteiger partial charge < -0.3 is 4.42 Å². The molecule has 0 radical (unpaired) electrons. The second-order valence-electron chi connectivity index (χ2n) is 4.18. The summed E-state index contributed by atoms with van der Waals surface area (Å²) in [6.07, 6.45) is 3.64. The zero-order valence-electron chi connectivity index (χ0n) is 10.5. The number of furan rings is 1. The van der Waals surface area contributed by atoms with E-state index in [4.69, 9.17) is 10.3 Å². The van der Waals surface area contributed by atoms with Crippen molar-refractivity contribution in [1.82, 2.24) is 10.3 Å². The molecule has 3 N–H and O–H groups in total. The van der Waals surface area contributed by atoms with Gasteiger partial charge in [-0.15, -0.1) is 0 Å². The van der Waals surface area contributed by atoms with Gasteiger partial charge in [0, 0.05) is 0 Å². The Morgan fingerprint density at radius 3 is 2.88 bits per heavy atom. The molecule has 0 bridgehead atoms. The van der Waals surface area contributed by atoms with E-state index in [1.807, 2.05) is 12.5 Å². The highest BCUT2D eigenvalue weighted by molar-refractivity contribution is 5.90. The molecule has 0 aliphatic carbocycles. The molecule has 1 amide bonds. The van der Waals surface area contributed by atoms with E-state index < -0.39 is 5.91 Å². The van der Waals surface area contributed by atoms with Gasteiger partial charge in [0.05, 0.1) is 6.54 Å². The van der Waals surface area contributed by atoms with Gasteiger partial charge in [0.1, 0.15) is 5.76 Å². The molecule has 0 fully saturated rings. The average Bonchev–Trinajstić information content (AvgIpc) is 2.77. The summed E-state index contributed by atoms with van der Waals surface area (Å²) in [6.45, 7) is 3.93. The van der Waals surface area contributed by atoms with E-state index in [0.29, 0.717) is 6.54 Å². The highest BCUT2D eigenvalue weighted by Crippen LogP contribution is 2.10. The van der Waals surface area contributed by atoms with Gasteiger partial charge in [-0.3, -0.25) is 15.1 Å². The quantitative estimate of drug-likeness (QED) is 0.327. The molecule has 1 aromatic heterocycles. The van der Waals surface area contributed by atoms with Crippen LogP contribution in [0.1, 0.15) is 42.5 Å². The summed E-state index contributed by atoms with van der Waals surface area (Å²) in [7, 11) is 2.04. The molecule has 0 atom stereocenters. The van der Waals surface area contributed by atoms with Gasteiger partial charge in [0.2, 0.25) is 0 Å². The fourth-order valence-corrected chi connectivity index (χ4v) is 1.63. The Morgan fingerprint density at radius 2 is 2.24 bits per heavy atom. The van der Waals surface area contributed by atoms with Crippen LogP contribution in [0, 0.1) is 0 Å². The second kappa shape index (κ2) is 7.09. The van der Waals surface area contributed by atoms with Crippen molar-refractivity contribution < 1.29 is 9.21 Å². The molecule has 96 valence electrons. The fraction of sp³-hybridized carbons (Fsp3) is 0.583. The lowest BCUT2D eigenvalue weighted by Gasteiger charge is -2.14. The van der Waals surface area contributed by atoms with E-state index in [9.17, 15) is 4.79 Å². The first-order valence-corrected chi connectivity index (χ1v) is 5.95. The summed E-state index contributed by atoms with van der Waals surface area (Å²) in [6, 6.07) is 3.44. The van der Waals surface area contributed by atoms with Crippen LogP contribution in [0.3, 0.4) is 0 Å². The Balaban J connectivity index is 2.40. The Bertz CT molecular complexity index is 349. The number of carbonyl (C=O) groups excluding carboxylic acids is 1. The molecule has 1 rings (SSSR count). The third kappa shape index (κ3) is 4.58. The maximum atomic E-state index is 11.2.